The van der Waals surface area contributed by atoms with E-state index in [1.165, 1.54) is 12.1 Å². The molecule has 0 aliphatic heterocycles. The van der Waals surface area contributed by atoms with Gasteiger partial charge in [-0.15, -0.1) is 0 Å². The zero-order valence-corrected chi connectivity index (χ0v) is 10.4. The van der Waals surface area contributed by atoms with Gasteiger partial charge in [-0.05, 0) is 19.1 Å². The van der Waals surface area contributed by atoms with Gasteiger partial charge < -0.3 is 6.15 Å². The van der Waals surface area contributed by atoms with E-state index >= 15 is 0 Å². The van der Waals surface area contributed by atoms with E-state index in [1.54, 1.807) is 12.1 Å². The molecule has 0 amide bonds. The molecule has 4 nitrogen and oxygen atoms in total. The molecule has 6 heteroatoms. The van der Waals surface area contributed by atoms with Gasteiger partial charge in [0, 0.05) is 37.7 Å². The van der Waals surface area contributed by atoms with Crippen molar-refractivity contribution in [2.75, 3.05) is 0 Å². The van der Waals surface area contributed by atoms with E-state index in [9.17, 15) is 8.42 Å². The van der Waals surface area contributed by atoms with Crippen LogP contribution in [-0.4, -0.2) is 50.7 Å². The van der Waals surface area contributed by atoms with Crippen molar-refractivity contribution in [3.63, 3.8) is 0 Å². The standard InChI is InChI=1S/C7H8O3S.Ca.H3N/c1-6-2-4-7(5-3-6)11(8,9)10;;/h2-5H,1H3,(H,8,9,10);;1H3. The van der Waals surface area contributed by atoms with Crippen LogP contribution in [-0.2, 0) is 10.1 Å². The van der Waals surface area contributed by atoms with Crippen LogP contribution in [0.4, 0.5) is 0 Å². The second kappa shape index (κ2) is 5.95. The predicted molar refractivity (Wildman–Crippen MR) is 51.8 cm³/mol. The predicted octanol–water partition coefficient (Wildman–Crippen LogP) is 1.02. The second-order valence-corrected chi connectivity index (χ2v) is 3.71. The maximum Gasteiger partial charge on any atom is 0.294 e. The SMILES string of the molecule is Cc1ccc(S(=O)(=O)O)cc1.N.[Ca]. The molecule has 0 spiro atoms. The summed E-state index contributed by atoms with van der Waals surface area (Å²) in [5.41, 5.74) is 0.956. The van der Waals surface area contributed by atoms with Gasteiger partial charge in [0.2, 0.25) is 0 Å². The quantitative estimate of drug-likeness (QED) is 0.556. The summed E-state index contributed by atoms with van der Waals surface area (Å²) in [5.74, 6) is 0. The average Bonchev–Trinajstić information content (AvgIpc) is 1.86. The summed E-state index contributed by atoms with van der Waals surface area (Å²) in [7, 11) is -4.02. The fourth-order valence-corrected chi connectivity index (χ4v) is 1.19. The Hall–Kier alpha value is 0.350. The van der Waals surface area contributed by atoms with Gasteiger partial charge in [-0.25, -0.2) is 0 Å². The molecular formula is C7H11CaNO3S. The zero-order chi connectivity index (χ0) is 8.48. The van der Waals surface area contributed by atoms with Crippen molar-refractivity contribution in [1.82, 2.24) is 6.15 Å². The van der Waals surface area contributed by atoms with Crippen molar-refractivity contribution < 1.29 is 13.0 Å². The summed E-state index contributed by atoms with van der Waals surface area (Å²) in [6, 6.07) is 5.99. The first-order chi connectivity index (χ1) is 5.00. The molecule has 0 aliphatic carbocycles. The molecule has 2 radical (unpaired) electrons. The Balaban J connectivity index is 0. The van der Waals surface area contributed by atoms with E-state index in [4.69, 9.17) is 4.55 Å². The van der Waals surface area contributed by atoms with Crippen molar-refractivity contribution in [2.45, 2.75) is 11.8 Å². The van der Waals surface area contributed by atoms with E-state index in [2.05, 4.69) is 0 Å². The first-order valence-corrected chi connectivity index (χ1v) is 4.48. The van der Waals surface area contributed by atoms with E-state index in [0.29, 0.717) is 0 Å². The van der Waals surface area contributed by atoms with Crippen molar-refractivity contribution in [3.05, 3.63) is 29.8 Å². The van der Waals surface area contributed by atoms with Crippen molar-refractivity contribution in [2.24, 2.45) is 0 Å². The van der Waals surface area contributed by atoms with Crippen LogP contribution in [0.25, 0.3) is 0 Å². The first-order valence-electron chi connectivity index (χ1n) is 3.04. The molecule has 13 heavy (non-hydrogen) atoms. The van der Waals surface area contributed by atoms with Crippen molar-refractivity contribution in [3.8, 4) is 0 Å². The van der Waals surface area contributed by atoms with Gasteiger partial charge in [0.05, 0.1) is 4.90 Å². The largest absolute Gasteiger partial charge is 0.344 e. The Morgan fingerprint density at radius 2 is 1.54 bits per heavy atom. The molecular weight excluding hydrogens is 218 g/mol. The Bertz CT molecular complexity index is 347. The fourth-order valence-electron chi connectivity index (χ4n) is 0.710. The van der Waals surface area contributed by atoms with Crippen molar-refractivity contribution >= 4 is 47.9 Å². The van der Waals surface area contributed by atoms with Crippen LogP contribution in [0.2, 0.25) is 0 Å². The second-order valence-electron chi connectivity index (χ2n) is 2.29. The van der Waals surface area contributed by atoms with Gasteiger partial charge in [0.1, 0.15) is 0 Å². The Morgan fingerprint density at radius 1 is 1.15 bits per heavy atom. The topological polar surface area (TPSA) is 89.4 Å². The van der Waals surface area contributed by atoms with Crippen molar-refractivity contribution in [1.29, 1.82) is 0 Å². The summed E-state index contributed by atoms with van der Waals surface area (Å²) in [6.07, 6.45) is 0. The minimum absolute atomic E-state index is 0. The minimum atomic E-state index is -4.02. The first kappa shape index (κ1) is 15.8. The van der Waals surface area contributed by atoms with Crippen LogP contribution in [0, 0.1) is 6.92 Å². The Labute approximate surface area is 108 Å². The molecule has 0 atom stereocenters. The summed E-state index contributed by atoms with van der Waals surface area (Å²) in [4.78, 5) is -0.0666. The van der Waals surface area contributed by atoms with Gasteiger partial charge >= 0.3 is 0 Å². The van der Waals surface area contributed by atoms with Crippen LogP contribution in [0.3, 0.4) is 0 Å². The number of hydrogen-bond donors (Lipinski definition) is 2. The molecule has 1 rings (SSSR count). The minimum Gasteiger partial charge on any atom is -0.344 e. The third kappa shape index (κ3) is 4.95. The molecule has 0 saturated carbocycles. The molecule has 0 bridgehead atoms. The summed E-state index contributed by atoms with van der Waals surface area (Å²) in [5, 5.41) is 0. The summed E-state index contributed by atoms with van der Waals surface area (Å²) in [6.45, 7) is 1.84. The smallest absolute Gasteiger partial charge is 0.294 e. The van der Waals surface area contributed by atoms with Crippen LogP contribution in [0.5, 0.6) is 0 Å². The summed E-state index contributed by atoms with van der Waals surface area (Å²) < 4.78 is 29.6. The van der Waals surface area contributed by atoms with Gasteiger partial charge in [-0.2, -0.15) is 8.42 Å². The maximum absolute atomic E-state index is 10.5. The normalized spacial score (nSPS) is 9.69. The monoisotopic (exact) mass is 229 g/mol. The molecule has 0 unspecified atom stereocenters. The number of benzene rings is 1. The van der Waals surface area contributed by atoms with Crippen LogP contribution < -0.4 is 6.15 Å². The van der Waals surface area contributed by atoms with E-state index < -0.39 is 10.1 Å². The van der Waals surface area contributed by atoms with Gasteiger partial charge in [-0.1, -0.05) is 17.7 Å². The molecule has 0 saturated heterocycles. The van der Waals surface area contributed by atoms with Gasteiger partial charge in [-0.3, -0.25) is 4.55 Å². The van der Waals surface area contributed by atoms with Crippen LogP contribution in [0.15, 0.2) is 29.2 Å². The number of hydrogen-bond acceptors (Lipinski definition) is 3. The van der Waals surface area contributed by atoms with E-state index in [-0.39, 0.29) is 48.8 Å². The van der Waals surface area contributed by atoms with Gasteiger partial charge in [0.25, 0.3) is 10.1 Å². The molecule has 1 aromatic rings. The zero-order valence-electron chi connectivity index (χ0n) is 7.40. The van der Waals surface area contributed by atoms with Gasteiger partial charge in [0.15, 0.2) is 0 Å². The molecule has 0 aromatic heterocycles. The van der Waals surface area contributed by atoms with Crippen LogP contribution in [0.1, 0.15) is 5.56 Å². The molecule has 4 N–H and O–H groups in total. The third-order valence-electron chi connectivity index (χ3n) is 1.32. The van der Waals surface area contributed by atoms with Crippen LogP contribution >= 0.6 is 0 Å². The Kier molecular flexibility index (Phi) is 7.24. The molecule has 70 valence electrons. The van der Waals surface area contributed by atoms with E-state index in [1.807, 2.05) is 6.92 Å². The molecule has 0 heterocycles. The number of aryl methyl sites for hydroxylation is 1. The molecule has 0 fully saturated rings. The summed E-state index contributed by atoms with van der Waals surface area (Å²) >= 11 is 0. The van der Waals surface area contributed by atoms with E-state index in [0.717, 1.165) is 5.56 Å². The number of rotatable bonds is 1. The third-order valence-corrected chi connectivity index (χ3v) is 2.19. The Morgan fingerprint density at radius 3 is 1.85 bits per heavy atom. The maximum atomic E-state index is 10.5. The average molecular weight is 229 g/mol. The fraction of sp³-hybridized carbons (Fsp3) is 0.143. The molecule has 1 aromatic carbocycles. The molecule has 0 aliphatic rings.